The summed E-state index contributed by atoms with van der Waals surface area (Å²) >= 11 is 0. The lowest BCUT2D eigenvalue weighted by molar-refractivity contribution is 0.282. The van der Waals surface area contributed by atoms with Crippen molar-refractivity contribution < 1.29 is 9.84 Å². The number of aliphatic hydroxyl groups excluding tert-OH is 1. The van der Waals surface area contributed by atoms with Gasteiger partial charge in [-0.2, -0.15) is 0 Å². The summed E-state index contributed by atoms with van der Waals surface area (Å²) in [7, 11) is 3.60. The van der Waals surface area contributed by atoms with Crippen LogP contribution in [0.1, 0.15) is 5.56 Å². The Morgan fingerprint density at radius 3 is 2.56 bits per heavy atom. The van der Waals surface area contributed by atoms with Crippen molar-refractivity contribution in [2.45, 2.75) is 6.61 Å². The minimum Gasteiger partial charge on any atom is -0.497 e. The van der Waals surface area contributed by atoms with Crippen molar-refractivity contribution >= 4 is 11.4 Å². The first-order valence-corrected chi connectivity index (χ1v) is 5.68. The summed E-state index contributed by atoms with van der Waals surface area (Å²) in [4.78, 5) is 6.02. The van der Waals surface area contributed by atoms with Gasteiger partial charge in [0.2, 0.25) is 0 Å². The van der Waals surface area contributed by atoms with Gasteiger partial charge in [0.15, 0.2) is 0 Å². The molecule has 0 fully saturated rings. The van der Waals surface area contributed by atoms with Gasteiger partial charge in [-0.25, -0.2) is 0 Å². The molecule has 4 heteroatoms. The summed E-state index contributed by atoms with van der Waals surface area (Å²) in [5.41, 5.74) is 2.77. The smallest absolute Gasteiger partial charge is 0.119 e. The predicted molar refractivity (Wildman–Crippen MR) is 71.2 cm³/mol. The van der Waals surface area contributed by atoms with Gasteiger partial charge in [0, 0.05) is 36.4 Å². The van der Waals surface area contributed by atoms with Crippen LogP contribution in [0, 0.1) is 0 Å². The fourth-order valence-electron chi connectivity index (χ4n) is 1.81. The van der Waals surface area contributed by atoms with Gasteiger partial charge in [-0.1, -0.05) is 0 Å². The minimum atomic E-state index is -0.0241. The molecule has 0 radical (unpaired) electrons. The van der Waals surface area contributed by atoms with E-state index in [0.717, 1.165) is 22.7 Å². The van der Waals surface area contributed by atoms with Crippen LogP contribution < -0.4 is 9.64 Å². The summed E-state index contributed by atoms with van der Waals surface area (Å²) < 4.78 is 5.13. The van der Waals surface area contributed by atoms with E-state index in [1.54, 1.807) is 19.5 Å². The van der Waals surface area contributed by atoms with Crippen LogP contribution in [0.25, 0.3) is 0 Å². The summed E-state index contributed by atoms with van der Waals surface area (Å²) in [6, 6.07) is 9.65. The second kappa shape index (κ2) is 5.51. The van der Waals surface area contributed by atoms with Crippen molar-refractivity contribution in [1.82, 2.24) is 4.98 Å². The van der Waals surface area contributed by atoms with Gasteiger partial charge in [0.25, 0.3) is 0 Å². The van der Waals surface area contributed by atoms with Crippen molar-refractivity contribution in [3.8, 4) is 5.75 Å². The van der Waals surface area contributed by atoms with E-state index >= 15 is 0 Å². The largest absolute Gasteiger partial charge is 0.497 e. The van der Waals surface area contributed by atoms with E-state index in [1.165, 1.54) is 0 Å². The molecule has 94 valence electrons. The minimum absolute atomic E-state index is 0.0241. The number of hydrogen-bond acceptors (Lipinski definition) is 4. The number of aliphatic hydroxyl groups is 1. The zero-order chi connectivity index (χ0) is 13.0. The highest BCUT2D eigenvalue weighted by atomic mass is 16.5. The van der Waals surface area contributed by atoms with Crippen LogP contribution in [0.3, 0.4) is 0 Å². The topological polar surface area (TPSA) is 45.6 Å². The van der Waals surface area contributed by atoms with Crippen molar-refractivity contribution in [2.24, 2.45) is 0 Å². The first kappa shape index (κ1) is 12.4. The van der Waals surface area contributed by atoms with Crippen molar-refractivity contribution in [3.63, 3.8) is 0 Å². The van der Waals surface area contributed by atoms with Crippen LogP contribution in [-0.2, 0) is 6.61 Å². The molecule has 0 aliphatic rings. The van der Waals surface area contributed by atoms with Gasteiger partial charge in [0.05, 0.1) is 13.7 Å². The summed E-state index contributed by atoms with van der Waals surface area (Å²) in [6.07, 6.45) is 3.39. The predicted octanol–water partition coefficient (Wildman–Crippen LogP) is 2.35. The number of methoxy groups -OCH3 is 1. The number of ether oxygens (including phenoxy) is 1. The Labute approximate surface area is 106 Å². The number of anilines is 2. The maximum atomic E-state index is 9.31. The first-order valence-electron chi connectivity index (χ1n) is 5.68. The average molecular weight is 244 g/mol. The molecule has 0 bridgehead atoms. The molecule has 2 aromatic rings. The fourth-order valence-corrected chi connectivity index (χ4v) is 1.81. The fraction of sp³-hybridized carbons (Fsp3) is 0.214. The Morgan fingerprint density at radius 2 is 1.94 bits per heavy atom. The van der Waals surface area contributed by atoms with Gasteiger partial charge in [-0.05, 0) is 30.3 Å². The average Bonchev–Trinajstić information content (AvgIpc) is 2.46. The highest BCUT2D eigenvalue weighted by Crippen LogP contribution is 2.27. The van der Waals surface area contributed by atoms with Crippen LogP contribution in [0.2, 0.25) is 0 Å². The quantitative estimate of drug-likeness (QED) is 0.896. The Kier molecular flexibility index (Phi) is 3.79. The van der Waals surface area contributed by atoms with Crippen LogP contribution in [-0.4, -0.2) is 24.2 Å². The molecule has 1 heterocycles. The molecule has 18 heavy (non-hydrogen) atoms. The Balaban J connectivity index is 2.31. The van der Waals surface area contributed by atoms with Crippen molar-refractivity contribution in [2.75, 3.05) is 19.1 Å². The summed E-state index contributed by atoms with van der Waals surface area (Å²) in [5.74, 6) is 0.823. The Bertz CT molecular complexity index is 511. The van der Waals surface area contributed by atoms with E-state index in [2.05, 4.69) is 4.98 Å². The SMILES string of the molecule is COc1ccc(N(C)c2ccncc2CO)cc1. The van der Waals surface area contributed by atoms with Crippen LogP contribution in [0.5, 0.6) is 5.75 Å². The van der Waals surface area contributed by atoms with E-state index in [1.807, 2.05) is 42.3 Å². The lowest BCUT2D eigenvalue weighted by Crippen LogP contribution is -2.12. The molecule has 0 atom stereocenters. The second-order valence-electron chi connectivity index (χ2n) is 3.92. The van der Waals surface area contributed by atoms with E-state index in [-0.39, 0.29) is 6.61 Å². The summed E-state index contributed by atoms with van der Waals surface area (Å²) in [5, 5.41) is 9.31. The van der Waals surface area contributed by atoms with E-state index in [9.17, 15) is 5.11 Å². The van der Waals surface area contributed by atoms with Gasteiger partial charge in [-0.15, -0.1) is 0 Å². The molecule has 4 nitrogen and oxygen atoms in total. The zero-order valence-electron chi connectivity index (χ0n) is 10.5. The molecule has 0 unspecified atom stereocenters. The van der Waals surface area contributed by atoms with E-state index < -0.39 is 0 Å². The molecule has 0 aliphatic carbocycles. The number of rotatable bonds is 4. The highest BCUT2D eigenvalue weighted by Gasteiger charge is 2.08. The molecule has 0 saturated heterocycles. The number of benzene rings is 1. The monoisotopic (exact) mass is 244 g/mol. The lowest BCUT2D eigenvalue weighted by atomic mass is 10.2. The maximum Gasteiger partial charge on any atom is 0.119 e. The zero-order valence-corrected chi connectivity index (χ0v) is 10.5. The van der Waals surface area contributed by atoms with Gasteiger partial charge < -0.3 is 14.7 Å². The molecular weight excluding hydrogens is 228 g/mol. The molecule has 0 amide bonds. The first-order chi connectivity index (χ1) is 8.76. The van der Waals surface area contributed by atoms with Gasteiger partial charge in [0.1, 0.15) is 5.75 Å². The van der Waals surface area contributed by atoms with Crippen molar-refractivity contribution in [1.29, 1.82) is 0 Å². The lowest BCUT2D eigenvalue weighted by Gasteiger charge is -2.21. The maximum absolute atomic E-state index is 9.31. The molecule has 0 aliphatic heterocycles. The molecule has 0 spiro atoms. The van der Waals surface area contributed by atoms with Crippen molar-refractivity contribution in [3.05, 3.63) is 48.3 Å². The van der Waals surface area contributed by atoms with Gasteiger partial charge >= 0.3 is 0 Å². The molecule has 1 N–H and O–H groups in total. The number of hydrogen-bond donors (Lipinski definition) is 1. The molecular formula is C14H16N2O2. The molecule has 0 saturated carbocycles. The highest BCUT2D eigenvalue weighted by molar-refractivity contribution is 5.65. The Hall–Kier alpha value is -2.07. The Morgan fingerprint density at radius 1 is 1.22 bits per heavy atom. The molecule has 2 rings (SSSR count). The molecule has 1 aromatic carbocycles. The van der Waals surface area contributed by atoms with Crippen LogP contribution in [0.15, 0.2) is 42.7 Å². The number of aromatic nitrogens is 1. The van der Waals surface area contributed by atoms with Crippen LogP contribution >= 0.6 is 0 Å². The third-order valence-electron chi connectivity index (χ3n) is 2.87. The third kappa shape index (κ3) is 2.43. The number of pyridine rings is 1. The van der Waals surface area contributed by atoms with E-state index in [0.29, 0.717) is 0 Å². The second-order valence-corrected chi connectivity index (χ2v) is 3.92. The molecule has 1 aromatic heterocycles. The standard InChI is InChI=1S/C14H16N2O2/c1-16(12-3-5-13(18-2)6-4-12)14-7-8-15-9-11(14)10-17/h3-9,17H,10H2,1-2H3. The van der Waals surface area contributed by atoms with E-state index in [4.69, 9.17) is 4.74 Å². The normalized spacial score (nSPS) is 10.2. The summed E-state index contributed by atoms with van der Waals surface area (Å²) in [6.45, 7) is -0.0241. The number of nitrogens with zero attached hydrogens (tertiary/aromatic N) is 2. The van der Waals surface area contributed by atoms with Crippen LogP contribution in [0.4, 0.5) is 11.4 Å². The van der Waals surface area contributed by atoms with Gasteiger partial charge in [-0.3, -0.25) is 4.98 Å². The third-order valence-corrected chi connectivity index (χ3v) is 2.87.